The Morgan fingerprint density at radius 2 is 1.69 bits per heavy atom. The fraction of sp³-hybridized carbons (Fsp3) is 1.00. The maximum absolute atomic E-state index is 3.95. The molecule has 78 valence electrons. The maximum Gasteiger partial charge on any atom is 0.0841 e. The molecule has 1 rings (SSSR count). The summed E-state index contributed by atoms with van der Waals surface area (Å²) >= 11 is 0. The van der Waals surface area contributed by atoms with Gasteiger partial charge in [0.05, 0.1) is 32.7 Å². The Morgan fingerprint density at radius 1 is 1.08 bits per heavy atom. The van der Waals surface area contributed by atoms with Gasteiger partial charge in [-0.05, 0) is 6.42 Å². The van der Waals surface area contributed by atoms with Gasteiger partial charge < -0.3 is 10.2 Å². The van der Waals surface area contributed by atoms with Crippen LogP contribution in [0.25, 0.3) is 0 Å². The van der Waals surface area contributed by atoms with Crippen molar-refractivity contribution >= 4 is 0 Å². The lowest BCUT2D eigenvalue weighted by atomic mass is 10.2. The standard InChI is InChI=1S/C11H25N2/c1-2-3-8-13(11-6-7-12)9-4-5-10-13/h2-12H2,1H3/q+1/p+1. The Labute approximate surface area is 82.7 Å². The molecule has 3 N–H and O–H groups in total. The Bertz CT molecular complexity index is 118. The minimum atomic E-state index is 1.12. The molecule has 1 saturated heterocycles. The fourth-order valence-corrected chi connectivity index (χ4v) is 2.51. The number of hydrogen-bond acceptors (Lipinski definition) is 0. The van der Waals surface area contributed by atoms with E-state index in [9.17, 15) is 0 Å². The minimum Gasteiger partial charge on any atom is -0.357 e. The van der Waals surface area contributed by atoms with E-state index in [0.29, 0.717) is 0 Å². The highest BCUT2D eigenvalue weighted by Gasteiger charge is 2.30. The van der Waals surface area contributed by atoms with Crippen molar-refractivity contribution in [3.05, 3.63) is 0 Å². The largest absolute Gasteiger partial charge is 0.357 e. The predicted octanol–water partition coefficient (Wildman–Crippen LogP) is 1.03. The van der Waals surface area contributed by atoms with E-state index >= 15 is 0 Å². The van der Waals surface area contributed by atoms with Crippen molar-refractivity contribution in [1.82, 2.24) is 0 Å². The van der Waals surface area contributed by atoms with Crippen LogP contribution in [0.4, 0.5) is 0 Å². The minimum absolute atomic E-state index is 1.12. The molecule has 0 bridgehead atoms. The van der Waals surface area contributed by atoms with E-state index in [1.807, 2.05) is 0 Å². The molecule has 0 aromatic heterocycles. The zero-order valence-corrected chi connectivity index (χ0v) is 9.23. The second kappa shape index (κ2) is 5.61. The highest BCUT2D eigenvalue weighted by molar-refractivity contribution is 4.55. The van der Waals surface area contributed by atoms with Crippen LogP contribution in [0.5, 0.6) is 0 Å². The molecule has 1 fully saturated rings. The molecule has 0 radical (unpaired) electrons. The van der Waals surface area contributed by atoms with E-state index < -0.39 is 0 Å². The number of unbranched alkanes of at least 4 members (excludes halogenated alkanes) is 1. The van der Waals surface area contributed by atoms with Gasteiger partial charge in [0.25, 0.3) is 0 Å². The van der Waals surface area contributed by atoms with Crippen molar-refractivity contribution < 1.29 is 10.2 Å². The van der Waals surface area contributed by atoms with Crippen LogP contribution < -0.4 is 5.73 Å². The third-order valence-corrected chi connectivity index (χ3v) is 3.38. The first-order valence-electron chi connectivity index (χ1n) is 5.97. The second-order valence-corrected chi connectivity index (χ2v) is 4.50. The number of quaternary nitrogens is 2. The smallest absolute Gasteiger partial charge is 0.0841 e. The second-order valence-electron chi connectivity index (χ2n) is 4.50. The van der Waals surface area contributed by atoms with E-state index in [0.717, 1.165) is 6.54 Å². The Kier molecular flexibility index (Phi) is 4.74. The van der Waals surface area contributed by atoms with Gasteiger partial charge in [-0.1, -0.05) is 13.3 Å². The molecule has 1 heterocycles. The van der Waals surface area contributed by atoms with Gasteiger partial charge in [0.15, 0.2) is 0 Å². The van der Waals surface area contributed by atoms with Crippen LogP contribution in [0.15, 0.2) is 0 Å². The van der Waals surface area contributed by atoms with Gasteiger partial charge in [-0.25, -0.2) is 0 Å². The van der Waals surface area contributed by atoms with Crippen molar-refractivity contribution in [1.29, 1.82) is 0 Å². The lowest BCUT2D eigenvalue weighted by molar-refractivity contribution is -0.917. The Hall–Kier alpha value is -0.0800. The van der Waals surface area contributed by atoms with Gasteiger partial charge in [0.1, 0.15) is 0 Å². The van der Waals surface area contributed by atoms with Gasteiger partial charge in [0, 0.05) is 19.3 Å². The molecule has 13 heavy (non-hydrogen) atoms. The first-order chi connectivity index (χ1) is 6.33. The highest BCUT2D eigenvalue weighted by Crippen LogP contribution is 2.20. The predicted molar refractivity (Wildman–Crippen MR) is 56.2 cm³/mol. The van der Waals surface area contributed by atoms with Crippen molar-refractivity contribution in [2.75, 3.05) is 32.7 Å². The average molecular weight is 186 g/mol. The molecular formula is C11H26N2+2. The Balaban J connectivity index is 2.33. The van der Waals surface area contributed by atoms with Crippen molar-refractivity contribution in [2.24, 2.45) is 0 Å². The van der Waals surface area contributed by atoms with E-state index in [1.165, 1.54) is 62.8 Å². The zero-order chi connectivity index (χ0) is 9.57. The van der Waals surface area contributed by atoms with E-state index in [1.54, 1.807) is 0 Å². The SMILES string of the molecule is CCCC[N+]1(CCC[NH3+])CCCC1. The lowest BCUT2D eigenvalue weighted by Gasteiger charge is -2.34. The molecule has 0 aromatic rings. The molecule has 0 aliphatic carbocycles. The number of hydrogen-bond donors (Lipinski definition) is 1. The van der Waals surface area contributed by atoms with Crippen molar-refractivity contribution in [2.45, 2.75) is 39.0 Å². The summed E-state index contributed by atoms with van der Waals surface area (Å²) < 4.78 is 1.42. The lowest BCUT2D eigenvalue weighted by Crippen LogP contribution is -2.54. The van der Waals surface area contributed by atoms with E-state index in [2.05, 4.69) is 12.7 Å². The third kappa shape index (κ3) is 3.28. The summed E-state index contributed by atoms with van der Waals surface area (Å²) in [5, 5.41) is 0. The molecule has 0 spiro atoms. The summed E-state index contributed by atoms with van der Waals surface area (Å²) in [6.45, 7) is 9.13. The first-order valence-corrected chi connectivity index (χ1v) is 5.97. The normalized spacial score (nSPS) is 20.8. The molecule has 2 heteroatoms. The summed E-state index contributed by atoms with van der Waals surface area (Å²) in [6.07, 6.45) is 7.01. The average Bonchev–Trinajstić information content (AvgIpc) is 2.61. The molecule has 0 unspecified atom stereocenters. The van der Waals surface area contributed by atoms with Gasteiger partial charge in [-0.15, -0.1) is 0 Å². The quantitative estimate of drug-likeness (QED) is 0.600. The van der Waals surface area contributed by atoms with Crippen LogP contribution in [-0.4, -0.2) is 37.2 Å². The molecule has 0 saturated carbocycles. The monoisotopic (exact) mass is 186 g/mol. The summed E-state index contributed by atoms with van der Waals surface area (Å²) in [6, 6.07) is 0. The number of rotatable bonds is 6. The van der Waals surface area contributed by atoms with Crippen LogP contribution >= 0.6 is 0 Å². The van der Waals surface area contributed by atoms with Gasteiger partial charge in [0.2, 0.25) is 0 Å². The van der Waals surface area contributed by atoms with Crippen LogP contribution in [0.1, 0.15) is 39.0 Å². The molecular weight excluding hydrogens is 160 g/mol. The molecule has 0 aromatic carbocycles. The van der Waals surface area contributed by atoms with Crippen LogP contribution in [0.2, 0.25) is 0 Å². The van der Waals surface area contributed by atoms with E-state index in [-0.39, 0.29) is 0 Å². The first kappa shape index (κ1) is 11.0. The van der Waals surface area contributed by atoms with Crippen molar-refractivity contribution in [3.8, 4) is 0 Å². The molecule has 2 nitrogen and oxygen atoms in total. The van der Waals surface area contributed by atoms with Crippen molar-refractivity contribution in [3.63, 3.8) is 0 Å². The highest BCUT2D eigenvalue weighted by atomic mass is 15.4. The summed E-state index contributed by atoms with van der Waals surface area (Å²) in [7, 11) is 0. The van der Waals surface area contributed by atoms with E-state index in [4.69, 9.17) is 0 Å². The summed E-state index contributed by atoms with van der Waals surface area (Å²) in [5.41, 5.74) is 3.95. The third-order valence-electron chi connectivity index (χ3n) is 3.38. The Morgan fingerprint density at radius 3 is 2.23 bits per heavy atom. The van der Waals surface area contributed by atoms with Gasteiger partial charge in [-0.2, -0.15) is 0 Å². The zero-order valence-electron chi connectivity index (χ0n) is 9.23. The van der Waals surface area contributed by atoms with Crippen LogP contribution in [0, 0.1) is 0 Å². The summed E-state index contributed by atoms with van der Waals surface area (Å²) in [4.78, 5) is 0. The van der Waals surface area contributed by atoms with Gasteiger partial charge in [-0.3, -0.25) is 0 Å². The number of nitrogens with zero attached hydrogens (tertiary/aromatic N) is 1. The van der Waals surface area contributed by atoms with Crippen LogP contribution in [0.3, 0.4) is 0 Å². The molecule has 0 atom stereocenters. The molecule has 0 amide bonds. The fourth-order valence-electron chi connectivity index (χ4n) is 2.51. The molecule has 1 aliphatic rings. The number of likely N-dealkylation sites (tertiary alicyclic amines) is 1. The van der Waals surface area contributed by atoms with Crippen LogP contribution in [-0.2, 0) is 0 Å². The molecule has 1 aliphatic heterocycles. The van der Waals surface area contributed by atoms with Gasteiger partial charge >= 0.3 is 0 Å². The maximum atomic E-state index is 3.95. The summed E-state index contributed by atoms with van der Waals surface area (Å²) in [5.74, 6) is 0. The topological polar surface area (TPSA) is 27.6 Å².